The van der Waals surface area contributed by atoms with Crippen LogP contribution in [0.2, 0.25) is 0 Å². The Kier molecular flexibility index (Phi) is 4.96. The van der Waals surface area contributed by atoms with Crippen LogP contribution in [-0.4, -0.2) is 15.8 Å². The molecule has 92 valence electrons. The van der Waals surface area contributed by atoms with Gasteiger partial charge in [0.1, 0.15) is 0 Å². The largest absolute Gasteiger partial charge is 0.276 e. The fourth-order valence-electron chi connectivity index (χ4n) is 1.89. The molecule has 0 radical (unpaired) electrons. The molecule has 3 N–H and O–H groups in total. The van der Waals surface area contributed by atoms with E-state index in [1.807, 2.05) is 17.9 Å². The van der Waals surface area contributed by atoms with Gasteiger partial charge in [0.2, 0.25) is 0 Å². The molecule has 1 aromatic heterocycles. The number of hydrogen-bond acceptors (Lipinski definition) is 3. The van der Waals surface area contributed by atoms with Crippen LogP contribution in [-0.2, 0) is 13.5 Å². The summed E-state index contributed by atoms with van der Waals surface area (Å²) >= 11 is 0. The summed E-state index contributed by atoms with van der Waals surface area (Å²) in [6.45, 7) is 6.72. The quantitative estimate of drug-likeness (QED) is 0.568. The van der Waals surface area contributed by atoms with Crippen LogP contribution in [0, 0.1) is 11.8 Å². The molecule has 4 heteroatoms. The van der Waals surface area contributed by atoms with Crippen LogP contribution in [0.1, 0.15) is 32.8 Å². The Hall–Kier alpha value is -0.870. The second kappa shape index (κ2) is 6.01. The fourth-order valence-corrected chi connectivity index (χ4v) is 1.89. The molecule has 0 aromatic carbocycles. The van der Waals surface area contributed by atoms with Gasteiger partial charge in [-0.2, -0.15) is 5.10 Å². The Labute approximate surface area is 98.2 Å². The molecule has 0 aliphatic carbocycles. The molecule has 2 unspecified atom stereocenters. The van der Waals surface area contributed by atoms with Crippen molar-refractivity contribution in [3.05, 3.63) is 18.0 Å². The molecule has 0 amide bonds. The molecule has 1 heterocycles. The van der Waals surface area contributed by atoms with Gasteiger partial charge in [-0.3, -0.25) is 16.0 Å². The molecule has 0 saturated heterocycles. The number of rotatable bonds is 6. The van der Waals surface area contributed by atoms with Gasteiger partial charge in [-0.05, 0) is 30.2 Å². The van der Waals surface area contributed by atoms with Crippen molar-refractivity contribution < 1.29 is 0 Å². The summed E-state index contributed by atoms with van der Waals surface area (Å²) in [7, 11) is 1.94. The van der Waals surface area contributed by atoms with Crippen molar-refractivity contribution in [1.82, 2.24) is 15.2 Å². The van der Waals surface area contributed by atoms with Gasteiger partial charge in [-0.1, -0.05) is 20.8 Å². The van der Waals surface area contributed by atoms with Gasteiger partial charge >= 0.3 is 0 Å². The van der Waals surface area contributed by atoms with E-state index in [2.05, 4.69) is 37.5 Å². The van der Waals surface area contributed by atoms with Crippen LogP contribution < -0.4 is 11.3 Å². The zero-order valence-corrected chi connectivity index (χ0v) is 10.8. The topological polar surface area (TPSA) is 55.9 Å². The zero-order valence-electron chi connectivity index (χ0n) is 10.8. The van der Waals surface area contributed by atoms with Crippen LogP contribution in [0.5, 0.6) is 0 Å². The third-order valence-corrected chi connectivity index (χ3v) is 3.40. The van der Waals surface area contributed by atoms with E-state index in [1.54, 1.807) is 0 Å². The lowest BCUT2D eigenvalue weighted by Crippen LogP contribution is -2.42. The first kappa shape index (κ1) is 13.2. The predicted molar refractivity (Wildman–Crippen MR) is 66.6 cm³/mol. The van der Waals surface area contributed by atoms with Gasteiger partial charge in [-0.15, -0.1) is 0 Å². The molecule has 16 heavy (non-hydrogen) atoms. The summed E-state index contributed by atoms with van der Waals surface area (Å²) in [6.07, 6.45) is 6.07. The normalized spacial score (nSPS) is 15.4. The number of nitrogens with two attached hydrogens (primary N) is 1. The first-order valence-corrected chi connectivity index (χ1v) is 5.98. The Morgan fingerprint density at radius 3 is 2.56 bits per heavy atom. The van der Waals surface area contributed by atoms with Crippen molar-refractivity contribution in [3.8, 4) is 0 Å². The molecule has 2 atom stereocenters. The lowest BCUT2D eigenvalue weighted by atomic mass is 9.87. The van der Waals surface area contributed by atoms with Crippen LogP contribution in [0.3, 0.4) is 0 Å². The van der Waals surface area contributed by atoms with Crippen molar-refractivity contribution in [2.24, 2.45) is 24.7 Å². The number of aromatic nitrogens is 2. The SMILES string of the molecule is CC(C)C(C)C(CCc1cnn(C)c1)NN. The Balaban J connectivity index is 2.45. The standard InChI is InChI=1S/C12H24N4/c1-9(2)10(3)12(15-13)6-5-11-7-14-16(4)8-11/h7-10,12,15H,5-6,13H2,1-4H3. The predicted octanol–water partition coefficient (Wildman–Crippen LogP) is 1.48. The second-order valence-corrected chi connectivity index (χ2v) is 4.94. The zero-order chi connectivity index (χ0) is 12.1. The van der Waals surface area contributed by atoms with Gasteiger partial charge < -0.3 is 0 Å². The Morgan fingerprint density at radius 2 is 2.12 bits per heavy atom. The van der Waals surface area contributed by atoms with Crippen molar-refractivity contribution in [1.29, 1.82) is 0 Å². The van der Waals surface area contributed by atoms with Crippen molar-refractivity contribution in [2.75, 3.05) is 0 Å². The van der Waals surface area contributed by atoms with Crippen molar-refractivity contribution in [2.45, 2.75) is 39.7 Å². The van der Waals surface area contributed by atoms with E-state index in [0.717, 1.165) is 12.8 Å². The molecule has 0 bridgehead atoms. The third-order valence-electron chi connectivity index (χ3n) is 3.40. The summed E-state index contributed by atoms with van der Waals surface area (Å²) in [5.74, 6) is 6.84. The molecular weight excluding hydrogens is 200 g/mol. The van der Waals surface area contributed by atoms with Crippen LogP contribution in [0.15, 0.2) is 12.4 Å². The average molecular weight is 224 g/mol. The van der Waals surface area contributed by atoms with Crippen LogP contribution in [0.25, 0.3) is 0 Å². The molecular formula is C12H24N4. The minimum Gasteiger partial charge on any atom is -0.276 e. The number of aryl methyl sites for hydroxylation is 2. The molecule has 0 aliphatic heterocycles. The van der Waals surface area contributed by atoms with E-state index in [-0.39, 0.29) is 0 Å². The van der Waals surface area contributed by atoms with Crippen LogP contribution >= 0.6 is 0 Å². The van der Waals surface area contributed by atoms with Gasteiger partial charge in [0.05, 0.1) is 6.20 Å². The maximum absolute atomic E-state index is 5.61. The number of nitrogens with zero attached hydrogens (tertiary/aromatic N) is 2. The number of hydrazine groups is 1. The van der Waals surface area contributed by atoms with E-state index in [9.17, 15) is 0 Å². The summed E-state index contributed by atoms with van der Waals surface area (Å²) in [5, 5.41) is 4.17. The molecule has 0 fully saturated rings. The Bertz CT molecular complexity index is 306. The maximum Gasteiger partial charge on any atom is 0.0521 e. The second-order valence-electron chi connectivity index (χ2n) is 4.94. The van der Waals surface area contributed by atoms with E-state index in [0.29, 0.717) is 17.9 Å². The van der Waals surface area contributed by atoms with E-state index in [1.165, 1.54) is 5.56 Å². The van der Waals surface area contributed by atoms with Gasteiger partial charge in [0.25, 0.3) is 0 Å². The average Bonchev–Trinajstić information content (AvgIpc) is 2.64. The summed E-state index contributed by atoms with van der Waals surface area (Å²) in [5.41, 5.74) is 4.21. The smallest absolute Gasteiger partial charge is 0.0521 e. The lowest BCUT2D eigenvalue weighted by molar-refractivity contribution is 0.288. The summed E-state index contributed by atoms with van der Waals surface area (Å²) in [4.78, 5) is 0. The Morgan fingerprint density at radius 1 is 1.44 bits per heavy atom. The summed E-state index contributed by atoms with van der Waals surface area (Å²) < 4.78 is 1.84. The highest BCUT2D eigenvalue weighted by Crippen LogP contribution is 2.18. The van der Waals surface area contributed by atoms with E-state index in [4.69, 9.17) is 5.84 Å². The molecule has 0 spiro atoms. The lowest BCUT2D eigenvalue weighted by Gasteiger charge is -2.26. The van der Waals surface area contributed by atoms with Crippen molar-refractivity contribution >= 4 is 0 Å². The van der Waals surface area contributed by atoms with Gasteiger partial charge in [0.15, 0.2) is 0 Å². The van der Waals surface area contributed by atoms with Gasteiger partial charge in [0, 0.05) is 19.3 Å². The minimum absolute atomic E-state index is 0.375. The number of nitrogens with one attached hydrogen (secondary N) is 1. The van der Waals surface area contributed by atoms with E-state index < -0.39 is 0 Å². The maximum atomic E-state index is 5.61. The number of hydrogen-bond donors (Lipinski definition) is 2. The van der Waals surface area contributed by atoms with E-state index >= 15 is 0 Å². The fraction of sp³-hybridized carbons (Fsp3) is 0.750. The third kappa shape index (κ3) is 3.61. The molecule has 0 aliphatic rings. The first-order chi connectivity index (χ1) is 7.54. The van der Waals surface area contributed by atoms with Gasteiger partial charge in [-0.25, -0.2) is 0 Å². The molecule has 1 aromatic rings. The molecule has 4 nitrogen and oxygen atoms in total. The highest BCUT2D eigenvalue weighted by molar-refractivity contribution is 5.04. The highest BCUT2D eigenvalue weighted by Gasteiger charge is 2.18. The highest BCUT2D eigenvalue weighted by atomic mass is 15.2. The van der Waals surface area contributed by atoms with Crippen molar-refractivity contribution in [3.63, 3.8) is 0 Å². The first-order valence-electron chi connectivity index (χ1n) is 5.98. The van der Waals surface area contributed by atoms with Crippen LogP contribution in [0.4, 0.5) is 0 Å². The minimum atomic E-state index is 0.375. The molecule has 1 rings (SSSR count). The molecule has 0 saturated carbocycles. The monoisotopic (exact) mass is 224 g/mol. The summed E-state index contributed by atoms with van der Waals surface area (Å²) in [6, 6.07) is 0.375.